The summed E-state index contributed by atoms with van der Waals surface area (Å²) < 4.78 is 0. The van der Waals surface area contributed by atoms with Crippen molar-refractivity contribution in [3.63, 3.8) is 0 Å². The highest BCUT2D eigenvalue weighted by Gasteiger charge is 2.38. The molecule has 0 spiro atoms. The van der Waals surface area contributed by atoms with Gasteiger partial charge in [0.15, 0.2) is 0 Å². The molecule has 2 heteroatoms. The van der Waals surface area contributed by atoms with Gasteiger partial charge < -0.3 is 5.32 Å². The fourth-order valence-electron chi connectivity index (χ4n) is 4.30. The van der Waals surface area contributed by atoms with Crippen molar-refractivity contribution in [3.8, 4) is 0 Å². The summed E-state index contributed by atoms with van der Waals surface area (Å²) in [4.78, 5) is 0. The fourth-order valence-corrected chi connectivity index (χ4v) is 5.01. The molecule has 1 fully saturated rings. The average molecular weight is 297 g/mol. The maximum Gasteiger partial charge on any atom is 0.0130 e. The number of nitrogens with one attached hydrogen (secondary N) is 1. The number of hydrogen-bond donors (Lipinski definition) is 1. The molecule has 110 valence electrons. The number of fused-ring (bicyclic) bond motifs is 3. The molecule has 1 nitrogen and oxygen atoms in total. The molecule has 2 aliphatic rings. The van der Waals surface area contributed by atoms with Gasteiger partial charge in [0.1, 0.15) is 0 Å². The van der Waals surface area contributed by atoms with E-state index in [4.69, 9.17) is 0 Å². The topological polar surface area (TPSA) is 12.0 Å². The van der Waals surface area contributed by atoms with Crippen LogP contribution >= 0.6 is 11.3 Å². The van der Waals surface area contributed by atoms with Crippen molar-refractivity contribution >= 4 is 11.3 Å². The van der Waals surface area contributed by atoms with E-state index in [0.29, 0.717) is 0 Å². The summed E-state index contributed by atoms with van der Waals surface area (Å²) in [6, 6.07) is 12.1. The monoisotopic (exact) mass is 297 g/mol. The smallest absolute Gasteiger partial charge is 0.0130 e. The highest BCUT2D eigenvalue weighted by atomic mass is 32.1. The number of hydrogen-bond acceptors (Lipinski definition) is 2. The van der Waals surface area contributed by atoms with Gasteiger partial charge in [-0.25, -0.2) is 0 Å². The van der Waals surface area contributed by atoms with Crippen LogP contribution in [0.25, 0.3) is 0 Å². The molecule has 4 rings (SSSR count). The molecule has 1 N–H and O–H groups in total. The second kappa shape index (κ2) is 5.94. The fraction of sp³-hybridized carbons (Fsp3) is 0.474. The van der Waals surface area contributed by atoms with Crippen molar-refractivity contribution in [2.75, 3.05) is 6.54 Å². The normalized spacial score (nSPS) is 27.3. The number of thiophene rings is 1. The van der Waals surface area contributed by atoms with Crippen LogP contribution in [0.15, 0.2) is 41.1 Å². The van der Waals surface area contributed by atoms with E-state index in [0.717, 1.165) is 24.4 Å². The predicted octanol–water partition coefficient (Wildman–Crippen LogP) is 4.07. The minimum Gasteiger partial charge on any atom is -0.313 e. The lowest BCUT2D eigenvalue weighted by Gasteiger charge is -2.23. The third-order valence-corrected chi connectivity index (χ3v) is 6.11. The Bertz CT molecular complexity index is 556. The van der Waals surface area contributed by atoms with Gasteiger partial charge in [-0.2, -0.15) is 11.3 Å². The molecule has 0 radical (unpaired) electrons. The Morgan fingerprint density at radius 2 is 1.71 bits per heavy atom. The molecule has 2 atom stereocenters. The third kappa shape index (κ3) is 2.79. The lowest BCUT2D eigenvalue weighted by Crippen LogP contribution is -2.39. The Morgan fingerprint density at radius 1 is 1.00 bits per heavy atom. The first-order valence-electron chi connectivity index (χ1n) is 8.21. The van der Waals surface area contributed by atoms with Gasteiger partial charge in [0.2, 0.25) is 0 Å². The van der Waals surface area contributed by atoms with Crippen LogP contribution in [0.4, 0.5) is 0 Å². The molecule has 2 aromatic rings. The molecule has 1 aromatic heterocycles. The maximum atomic E-state index is 3.90. The van der Waals surface area contributed by atoms with Crippen LogP contribution in [-0.2, 0) is 19.3 Å². The van der Waals surface area contributed by atoms with Crippen molar-refractivity contribution in [1.82, 2.24) is 5.32 Å². The zero-order valence-corrected chi connectivity index (χ0v) is 13.2. The van der Waals surface area contributed by atoms with Crippen LogP contribution in [0.1, 0.15) is 29.5 Å². The van der Waals surface area contributed by atoms with Gasteiger partial charge in [-0.3, -0.25) is 0 Å². The van der Waals surface area contributed by atoms with Crippen LogP contribution in [0, 0.1) is 11.8 Å². The minimum absolute atomic E-state index is 0.732. The van der Waals surface area contributed by atoms with Gasteiger partial charge >= 0.3 is 0 Å². The van der Waals surface area contributed by atoms with Gasteiger partial charge in [0, 0.05) is 6.04 Å². The molecule has 0 aliphatic heterocycles. The van der Waals surface area contributed by atoms with E-state index < -0.39 is 0 Å². The van der Waals surface area contributed by atoms with Crippen molar-refractivity contribution in [2.24, 2.45) is 11.8 Å². The predicted molar refractivity (Wildman–Crippen MR) is 89.9 cm³/mol. The first-order valence-corrected chi connectivity index (χ1v) is 9.15. The van der Waals surface area contributed by atoms with Crippen LogP contribution < -0.4 is 5.32 Å². The van der Waals surface area contributed by atoms with Gasteiger partial charge in [0.25, 0.3) is 0 Å². The van der Waals surface area contributed by atoms with E-state index in [2.05, 4.69) is 46.4 Å². The van der Waals surface area contributed by atoms with Crippen molar-refractivity contribution in [1.29, 1.82) is 0 Å². The summed E-state index contributed by atoms with van der Waals surface area (Å²) in [6.45, 7) is 1.13. The summed E-state index contributed by atoms with van der Waals surface area (Å²) in [5.74, 6) is 1.70. The molecule has 2 unspecified atom stereocenters. The summed E-state index contributed by atoms with van der Waals surface area (Å²) in [5.41, 5.74) is 4.69. The van der Waals surface area contributed by atoms with Crippen LogP contribution in [0.2, 0.25) is 0 Å². The van der Waals surface area contributed by atoms with Crippen LogP contribution in [-0.4, -0.2) is 12.6 Å². The lowest BCUT2D eigenvalue weighted by molar-refractivity contribution is 0.344. The standard InChI is InChI=1S/C19H23NS/c1-2-4-16-12-18-6-5-17(11-15(16)3-1)19(18)20-9-7-14-8-10-21-13-14/h1-4,8,10,13,17-20H,5-7,9,11-12H2. The molecule has 21 heavy (non-hydrogen) atoms. The largest absolute Gasteiger partial charge is 0.313 e. The average Bonchev–Trinajstić information content (AvgIpc) is 3.08. The van der Waals surface area contributed by atoms with E-state index in [9.17, 15) is 0 Å². The minimum atomic E-state index is 0.732. The van der Waals surface area contributed by atoms with E-state index in [1.54, 1.807) is 22.5 Å². The second-order valence-corrected chi connectivity index (χ2v) is 7.42. The first kappa shape index (κ1) is 13.5. The third-order valence-electron chi connectivity index (χ3n) is 5.38. The molecule has 2 aliphatic carbocycles. The summed E-state index contributed by atoms with van der Waals surface area (Å²) in [7, 11) is 0. The quantitative estimate of drug-likeness (QED) is 0.897. The van der Waals surface area contributed by atoms with E-state index in [-0.39, 0.29) is 0 Å². The van der Waals surface area contributed by atoms with Crippen LogP contribution in [0.5, 0.6) is 0 Å². The molecule has 2 bridgehead atoms. The Hall–Kier alpha value is -1.12. The Kier molecular flexibility index (Phi) is 3.83. The Morgan fingerprint density at radius 3 is 2.33 bits per heavy atom. The van der Waals surface area contributed by atoms with Crippen molar-refractivity contribution in [3.05, 3.63) is 57.8 Å². The van der Waals surface area contributed by atoms with Crippen molar-refractivity contribution < 1.29 is 0 Å². The molecular formula is C19H23NS. The first-order chi connectivity index (χ1) is 10.4. The molecule has 0 saturated heterocycles. The van der Waals surface area contributed by atoms with Crippen LogP contribution in [0.3, 0.4) is 0 Å². The van der Waals surface area contributed by atoms with Gasteiger partial charge in [-0.15, -0.1) is 0 Å². The Balaban J connectivity index is 1.43. The highest BCUT2D eigenvalue weighted by molar-refractivity contribution is 7.07. The number of benzene rings is 1. The molecule has 1 saturated carbocycles. The van der Waals surface area contributed by atoms with E-state index >= 15 is 0 Å². The summed E-state index contributed by atoms with van der Waals surface area (Å²) in [5, 5.41) is 8.36. The van der Waals surface area contributed by atoms with E-state index in [1.165, 1.54) is 37.7 Å². The zero-order chi connectivity index (χ0) is 14.1. The van der Waals surface area contributed by atoms with Gasteiger partial charge in [-0.05, 0) is 84.0 Å². The lowest BCUT2D eigenvalue weighted by atomic mass is 9.94. The van der Waals surface area contributed by atoms with Gasteiger partial charge in [-0.1, -0.05) is 24.3 Å². The SMILES string of the molecule is c1ccc2c(c1)CC1CCC(C2)C1NCCc1ccsc1. The summed E-state index contributed by atoms with van der Waals surface area (Å²) in [6.07, 6.45) is 6.56. The van der Waals surface area contributed by atoms with E-state index in [1.807, 2.05) is 0 Å². The number of rotatable bonds is 4. The molecule has 1 aromatic carbocycles. The maximum absolute atomic E-state index is 3.90. The molecular weight excluding hydrogens is 274 g/mol. The second-order valence-electron chi connectivity index (χ2n) is 6.64. The van der Waals surface area contributed by atoms with Crippen molar-refractivity contribution in [2.45, 2.75) is 38.1 Å². The molecule has 0 amide bonds. The molecule has 1 heterocycles. The summed E-state index contributed by atoms with van der Waals surface area (Å²) >= 11 is 1.81. The van der Waals surface area contributed by atoms with Gasteiger partial charge in [0.05, 0.1) is 0 Å². The zero-order valence-electron chi connectivity index (χ0n) is 12.4. The highest BCUT2D eigenvalue weighted by Crippen LogP contribution is 2.39. The Labute approximate surface area is 131 Å².